The number of carbonyl (C=O) groups is 1. The quantitative estimate of drug-likeness (QED) is 0.543. The number of aliphatic hydroxyl groups is 1. The molecule has 0 amide bonds. The molecule has 0 spiro atoms. The van der Waals surface area contributed by atoms with Gasteiger partial charge in [-0.3, -0.25) is 4.79 Å². The molecule has 3 heteroatoms. The summed E-state index contributed by atoms with van der Waals surface area (Å²) in [6.07, 6.45) is 3.26. The van der Waals surface area contributed by atoms with Crippen LogP contribution in [-0.4, -0.2) is 22.3 Å². The summed E-state index contributed by atoms with van der Waals surface area (Å²) in [5.41, 5.74) is 0. The van der Waals surface area contributed by atoms with Crippen molar-refractivity contribution in [3.8, 4) is 0 Å². The third kappa shape index (κ3) is 58.0. The third-order valence-corrected chi connectivity index (χ3v) is 0.471. The van der Waals surface area contributed by atoms with Crippen molar-refractivity contribution in [1.82, 2.24) is 0 Å². The second-order valence-electron chi connectivity index (χ2n) is 1.79. The first-order chi connectivity index (χ1) is 4.50. The minimum absolute atomic E-state index is 0.282. The number of aliphatic carboxylic acids is 1. The van der Waals surface area contributed by atoms with Crippen molar-refractivity contribution in [2.24, 2.45) is 0 Å². The maximum atomic E-state index is 9.00. The molecule has 0 aliphatic heterocycles. The molecule has 10 heavy (non-hydrogen) atoms. The fourth-order valence-corrected chi connectivity index (χ4v) is 0.279. The first-order valence-corrected chi connectivity index (χ1v) is 3.01. The molecule has 0 aliphatic carbocycles. The van der Waals surface area contributed by atoms with E-state index in [1.54, 1.807) is 13.0 Å². The van der Waals surface area contributed by atoms with Crippen molar-refractivity contribution in [3.63, 3.8) is 0 Å². The van der Waals surface area contributed by atoms with E-state index < -0.39 is 5.97 Å². The first-order valence-electron chi connectivity index (χ1n) is 3.01. The Morgan fingerprint density at radius 1 is 1.60 bits per heavy atom. The van der Waals surface area contributed by atoms with Gasteiger partial charge >= 0.3 is 0 Å². The molecule has 3 nitrogen and oxygen atoms in total. The van der Waals surface area contributed by atoms with Gasteiger partial charge in [-0.05, 0) is 13.8 Å². The maximum Gasteiger partial charge on any atom is 0.300 e. The molecule has 0 aromatic carbocycles. The van der Waals surface area contributed by atoms with E-state index in [1.165, 1.54) is 0 Å². The van der Waals surface area contributed by atoms with E-state index in [-0.39, 0.29) is 6.10 Å². The molecule has 0 aromatic heterocycles. The summed E-state index contributed by atoms with van der Waals surface area (Å²) in [5, 5.41) is 15.9. The van der Waals surface area contributed by atoms with Gasteiger partial charge in [0.2, 0.25) is 0 Å². The SMILES string of the molecule is CC(=O)O.CC=CC(C)O. The standard InChI is InChI=1S/C5H10O.C2H4O2/c1-3-4-5(2)6;1-2(3)4/h3-6H,1-2H3;1H3,(H,3,4). The number of hydrogen-bond acceptors (Lipinski definition) is 2. The third-order valence-electron chi connectivity index (χ3n) is 0.471. The van der Waals surface area contributed by atoms with Crippen LogP contribution in [0.4, 0.5) is 0 Å². The Bertz CT molecular complexity index is 101. The lowest BCUT2D eigenvalue weighted by molar-refractivity contribution is -0.134. The van der Waals surface area contributed by atoms with Crippen LogP contribution in [0.2, 0.25) is 0 Å². The molecule has 0 aromatic rings. The first kappa shape index (κ1) is 11.9. The van der Waals surface area contributed by atoms with E-state index in [2.05, 4.69) is 0 Å². The van der Waals surface area contributed by atoms with Crippen molar-refractivity contribution >= 4 is 5.97 Å². The molecule has 0 saturated heterocycles. The van der Waals surface area contributed by atoms with Gasteiger partial charge in [0.15, 0.2) is 0 Å². The van der Waals surface area contributed by atoms with Gasteiger partial charge in [0.1, 0.15) is 0 Å². The second kappa shape index (κ2) is 8.17. The summed E-state index contributed by atoms with van der Waals surface area (Å²) in [5.74, 6) is -0.833. The number of rotatable bonds is 1. The van der Waals surface area contributed by atoms with E-state index in [0.717, 1.165) is 6.92 Å². The zero-order valence-corrected chi connectivity index (χ0v) is 6.53. The van der Waals surface area contributed by atoms with Gasteiger partial charge < -0.3 is 10.2 Å². The molecule has 1 atom stereocenters. The predicted molar refractivity (Wildman–Crippen MR) is 39.8 cm³/mol. The van der Waals surface area contributed by atoms with Gasteiger partial charge in [0, 0.05) is 6.92 Å². The Balaban J connectivity index is 0. The van der Waals surface area contributed by atoms with Crippen LogP contribution < -0.4 is 0 Å². The predicted octanol–water partition coefficient (Wildman–Crippen LogP) is 1.03. The second-order valence-corrected chi connectivity index (χ2v) is 1.79. The molecule has 0 aliphatic rings. The highest BCUT2D eigenvalue weighted by Gasteiger charge is 1.78. The Hall–Kier alpha value is -0.830. The molecule has 0 bridgehead atoms. The van der Waals surface area contributed by atoms with Crippen molar-refractivity contribution in [2.75, 3.05) is 0 Å². The molecule has 0 radical (unpaired) electrons. The van der Waals surface area contributed by atoms with E-state index in [1.807, 2.05) is 13.0 Å². The lowest BCUT2D eigenvalue weighted by atomic mass is 10.4. The molecule has 1 unspecified atom stereocenters. The van der Waals surface area contributed by atoms with Crippen LogP contribution in [-0.2, 0) is 4.79 Å². The highest BCUT2D eigenvalue weighted by molar-refractivity contribution is 5.62. The lowest BCUT2D eigenvalue weighted by Gasteiger charge is -1.87. The van der Waals surface area contributed by atoms with Crippen molar-refractivity contribution < 1.29 is 15.0 Å². The van der Waals surface area contributed by atoms with E-state index >= 15 is 0 Å². The Kier molecular flexibility index (Phi) is 9.73. The van der Waals surface area contributed by atoms with Gasteiger partial charge in [-0.2, -0.15) is 0 Å². The van der Waals surface area contributed by atoms with Gasteiger partial charge in [-0.25, -0.2) is 0 Å². The van der Waals surface area contributed by atoms with Crippen LogP contribution in [0, 0.1) is 0 Å². The van der Waals surface area contributed by atoms with Crippen LogP contribution in [0.3, 0.4) is 0 Å². The fraction of sp³-hybridized carbons (Fsp3) is 0.571. The Morgan fingerprint density at radius 3 is 1.90 bits per heavy atom. The number of allylic oxidation sites excluding steroid dienone is 1. The smallest absolute Gasteiger partial charge is 0.300 e. The summed E-state index contributed by atoms with van der Waals surface area (Å²) in [4.78, 5) is 9.00. The normalized spacial score (nSPS) is 12.0. The zero-order chi connectivity index (χ0) is 8.57. The largest absolute Gasteiger partial charge is 0.481 e. The van der Waals surface area contributed by atoms with Crippen LogP contribution in [0.25, 0.3) is 0 Å². The monoisotopic (exact) mass is 146 g/mol. The Labute approximate surface area is 61.0 Å². The summed E-state index contributed by atoms with van der Waals surface area (Å²) < 4.78 is 0. The highest BCUT2D eigenvalue weighted by atomic mass is 16.4. The van der Waals surface area contributed by atoms with Gasteiger partial charge in [-0.1, -0.05) is 12.2 Å². The molecule has 0 fully saturated rings. The van der Waals surface area contributed by atoms with Crippen LogP contribution in [0.5, 0.6) is 0 Å². The number of aliphatic hydroxyl groups excluding tert-OH is 1. The average molecular weight is 146 g/mol. The number of carboxylic acids is 1. The summed E-state index contributed by atoms with van der Waals surface area (Å²) in [6.45, 7) is 4.69. The van der Waals surface area contributed by atoms with Crippen LogP contribution >= 0.6 is 0 Å². The maximum absolute atomic E-state index is 9.00. The molecule has 0 heterocycles. The zero-order valence-electron chi connectivity index (χ0n) is 6.53. The molecular weight excluding hydrogens is 132 g/mol. The minimum Gasteiger partial charge on any atom is -0.481 e. The number of carboxylic acid groups (broad SMARTS) is 1. The lowest BCUT2D eigenvalue weighted by Crippen LogP contribution is -1.89. The number of hydrogen-bond donors (Lipinski definition) is 2. The van der Waals surface area contributed by atoms with E-state index in [0.29, 0.717) is 0 Å². The summed E-state index contributed by atoms with van der Waals surface area (Å²) >= 11 is 0. The molecular formula is C7H14O3. The van der Waals surface area contributed by atoms with E-state index in [9.17, 15) is 0 Å². The fourth-order valence-electron chi connectivity index (χ4n) is 0.279. The molecule has 60 valence electrons. The molecule has 0 rings (SSSR count). The average Bonchev–Trinajstić information content (AvgIpc) is 1.62. The van der Waals surface area contributed by atoms with Crippen LogP contribution in [0.1, 0.15) is 20.8 Å². The van der Waals surface area contributed by atoms with Crippen molar-refractivity contribution in [3.05, 3.63) is 12.2 Å². The Morgan fingerprint density at radius 2 is 1.90 bits per heavy atom. The summed E-state index contributed by atoms with van der Waals surface area (Å²) in [7, 11) is 0. The van der Waals surface area contributed by atoms with Crippen LogP contribution in [0.15, 0.2) is 12.2 Å². The molecule has 0 saturated carbocycles. The highest BCUT2D eigenvalue weighted by Crippen LogP contribution is 1.78. The van der Waals surface area contributed by atoms with Gasteiger partial charge in [-0.15, -0.1) is 0 Å². The van der Waals surface area contributed by atoms with Gasteiger partial charge in [0.25, 0.3) is 5.97 Å². The van der Waals surface area contributed by atoms with Crippen molar-refractivity contribution in [2.45, 2.75) is 26.9 Å². The van der Waals surface area contributed by atoms with Crippen molar-refractivity contribution in [1.29, 1.82) is 0 Å². The van der Waals surface area contributed by atoms with Gasteiger partial charge in [0.05, 0.1) is 6.10 Å². The van der Waals surface area contributed by atoms with E-state index in [4.69, 9.17) is 15.0 Å². The summed E-state index contributed by atoms with van der Waals surface area (Å²) in [6, 6.07) is 0. The topological polar surface area (TPSA) is 57.5 Å². The minimum atomic E-state index is -0.833. The molecule has 2 N–H and O–H groups in total.